The minimum atomic E-state index is -0.535. The molecule has 0 bridgehead atoms. The van der Waals surface area contributed by atoms with Crippen molar-refractivity contribution in [2.24, 2.45) is 0 Å². The number of carbonyl (C=O) groups excluding carboxylic acids is 1. The van der Waals surface area contributed by atoms with Crippen LogP contribution in [0.15, 0.2) is 30.5 Å². The zero-order valence-electron chi connectivity index (χ0n) is 13.7. The van der Waals surface area contributed by atoms with Gasteiger partial charge in [0.05, 0.1) is 12.7 Å². The second kappa shape index (κ2) is 6.76. The lowest BCUT2D eigenvalue weighted by Crippen LogP contribution is -2.39. The summed E-state index contributed by atoms with van der Waals surface area (Å²) in [5.74, 6) is -0.295. The molecule has 0 radical (unpaired) electrons. The third-order valence-corrected chi connectivity index (χ3v) is 2.90. The van der Waals surface area contributed by atoms with Gasteiger partial charge in [0.25, 0.3) is 0 Å². The van der Waals surface area contributed by atoms with Gasteiger partial charge in [0.15, 0.2) is 0 Å². The first-order valence-electron chi connectivity index (χ1n) is 7.38. The van der Waals surface area contributed by atoms with Crippen LogP contribution < -0.4 is 5.32 Å². The van der Waals surface area contributed by atoms with Gasteiger partial charge in [0, 0.05) is 11.6 Å². The molecule has 1 N–H and O–H groups in total. The molecular weight excluding hydrogens is 299 g/mol. The van der Waals surface area contributed by atoms with Gasteiger partial charge in [0.2, 0.25) is 0 Å². The lowest BCUT2D eigenvalue weighted by atomic mass is 10.2. The minimum Gasteiger partial charge on any atom is -0.444 e. The number of nitrogens with one attached hydrogen (secondary N) is 1. The smallest absolute Gasteiger partial charge is 0.407 e. The Morgan fingerprint density at radius 2 is 2.00 bits per heavy atom. The molecule has 1 aromatic heterocycles. The zero-order valence-corrected chi connectivity index (χ0v) is 13.7. The molecule has 0 aliphatic rings. The third kappa shape index (κ3) is 5.36. The van der Waals surface area contributed by atoms with Gasteiger partial charge < -0.3 is 10.1 Å². The van der Waals surface area contributed by atoms with Crippen molar-refractivity contribution >= 4 is 6.09 Å². The third-order valence-electron chi connectivity index (χ3n) is 2.90. The topological polar surface area (TPSA) is 69.0 Å². The Labute approximate surface area is 134 Å². The number of alkyl carbamates (subject to hydrolysis) is 1. The number of ether oxygens (including phenoxy) is 1. The molecule has 0 unspecified atom stereocenters. The molecule has 2 aromatic rings. The van der Waals surface area contributed by atoms with Crippen molar-refractivity contribution in [3.8, 4) is 11.3 Å². The van der Waals surface area contributed by atoms with Crippen LogP contribution in [0.5, 0.6) is 0 Å². The second-order valence-electron chi connectivity index (χ2n) is 6.38. The first kappa shape index (κ1) is 16.9. The Morgan fingerprint density at radius 1 is 1.35 bits per heavy atom. The molecular formula is C16H21FN4O2. The van der Waals surface area contributed by atoms with Gasteiger partial charge in [0.1, 0.15) is 17.1 Å². The molecule has 124 valence electrons. The van der Waals surface area contributed by atoms with E-state index in [1.807, 2.05) is 27.7 Å². The van der Waals surface area contributed by atoms with Gasteiger partial charge in [-0.3, -0.25) is 0 Å². The number of halogens is 1. The zero-order chi connectivity index (χ0) is 17.0. The van der Waals surface area contributed by atoms with Gasteiger partial charge in [-0.15, -0.1) is 5.10 Å². The number of aromatic nitrogens is 3. The molecule has 1 aromatic carbocycles. The normalized spacial score (nSPS) is 12.7. The van der Waals surface area contributed by atoms with E-state index in [1.54, 1.807) is 23.0 Å². The van der Waals surface area contributed by atoms with Crippen molar-refractivity contribution in [1.29, 1.82) is 0 Å². The Morgan fingerprint density at radius 3 is 2.61 bits per heavy atom. The van der Waals surface area contributed by atoms with Gasteiger partial charge in [-0.25, -0.2) is 13.9 Å². The molecule has 0 fully saturated rings. The summed E-state index contributed by atoms with van der Waals surface area (Å²) in [7, 11) is 0. The van der Waals surface area contributed by atoms with E-state index in [9.17, 15) is 9.18 Å². The summed E-state index contributed by atoms with van der Waals surface area (Å²) in [6, 6.07) is 5.87. The van der Waals surface area contributed by atoms with E-state index < -0.39 is 11.7 Å². The van der Waals surface area contributed by atoms with Crippen molar-refractivity contribution in [2.75, 3.05) is 0 Å². The van der Waals surface area contributed by atoms with E-state index in [1.165, 1.54) is 12.1 Å². The summed E-state index contributed by atoms with van der Waals surface area (Å²) in [5.41, 5.74) is 0.896. The van der Waals surface area contributed by atoms with Crippen molar-refractivity contribution in [3.05, 3.63) is 36.3 Å². The number of hydrogen-bond donors (Lipinski definition) is 1. The molecule has 0 aliphatic heterocycles. The molecule has 23 heavy (non-hydrogen) atoms. The maximum Gasteiger partial charge on any atom is 0.407 e. The molecule has 0 saturated carbocycles. The number of carbonyl (C=O) groups is 1. The highest BCUT2D eigenvalue weighted by Gasteiger charge is 2.18. The van der Waals surface area contributed by atoms with Crippen molar-refractivity contribution < 1.29 is 13.9 Å². The van der Waals surface area contributed by atoms with Crippen LogP contribution in [0.25, 0.3) is 11.3 Å². The summed E-state index contributed by atoms with van der Waals surface area (Å²) in [4.78, 5) is 11.7. The maximum absolute atomic E-state index is 12.9. The van der Waals surface area contributed by atoms with Crippen LogP contribution >= 0.6 is 0 Å². The Balaban J connectivity index is 1.93. The Bertz CT molecular complexity index is 661. The molecule has 1 amide bonds. The van der Waals surface area contributed by atoms with Crippen LogP contribution in [-0.4, -0.2) is 32.7 Å². The standard InChI is InChI=1S/C16H21FN4O2/c1-11(18-15(22)23-16(2,3)4)9-21-10-14(19-20-21)12-5-7-13(17)8-6-12/h5-8,10-11H,9H2,1-4H3,(H,18,22)/t11-/m0/s1. The highest BCUT2D eigenvalue weighted by molar-refractivity contribution is 5.68. The van der Waals surface area contributed by atoms with E-state index in [4.69, 9.17) is 4.74 Å². The number of benzene rings is 1. The summed E-state index contributed by atoms with van der Waals surface area (Å²) in [6.07, 6.45) is 1.28. The fourth-order valence-corrected chi connectivity index (χ4v) is 1.98. The van der Waals surface area contributed by atoms with E-state index in [0.717, 1.165) is 5.56 Å². The first-order valence-corrected chi connectivity index (χ1v) is 7.38. The van der Waals surface area contributed by atoms with Gasteiger partial charge in [-0.2, -0.15) is 0 Å². The summed E-state index contributed by atoms with van der Waals surface area (Å²) < 4.78 is 19.8. The summed E-state index contributed by atoms with van der Waals surface area (Å²) in [6.45, 7) is 7.73. The Hall–Kier alpha value is -2.44. The predicted molar refractivity (Wildman–Crippen MR) is 84.2 cm³/mol. The van der Waals surface area contributed by atoms with Crippen LogP contribution in [0.3, 0.4) is 0 Å². The van der Waals surface area contributed by atoms with Crippen molar-refractivity contribution in [2.45, 2.75) is 45.9 Å². The average Bonchev–Trinajstić information content (AvgIpc) is 2.85. The molecule has 0 aliphatic carbocycles. The highest BCUT2D eigenvalue weighted by Crippen LogP contribution is 2.16. The monoisotopic (exact) mass is 320 g/mol. The van der Waals surface area contributed by atoms with Gasteiger partial charge >= 0.3 is 6.09 Å². The van der Waals surface area contributed by atoms with E-state index in [-0.39, 0.29) is 11.9 Å². The molecule has 6 nitrogen and oxygen atoms in total. The van der Waals surface area contributed by atoms with Gasteiger partial charge in [-0.1, -0.05) is 5.21 Å². The largest absolute Gasteiger partial charge is 0.444 e. The molecule has 0 spiro atoms. The fraction of sp³-hybridized carbons (Fsp3) is 0.438. The second-order valence-corrected chi connectivity index (χ2v) is 6.38. The molecule has 2 rings (SSSR count). The molecule has 7 heteroatoms. The molecule has 1 heterocycles. The summed E-state index contributed by atoms with van der Waals surface area (Å²) >= 11 is 0. The van der Waals surface area contributed by atoms with Crippen LogP contribution in [0.4, 0.5) is 9.18 Å². The SMILES string of the molecule is C[C@@H](Cn1cc(-c2ccc(F)cc2)nn1)NC(=O)OC(C)(C)C. The van der Waals surface area contributed by atoms with Crippen LogP contribution in [0, 0.1) is 5.82 Å². The maximum atomic E-state index is 12.9. The van der Waals surface area contributed by atoms with Crippen LogP contribution in [0.1, 0.15) is 27.7 Å². The quantitative estimate of drug-likeness (QED) is 0.940. The lowest BCUT2D eigenvalue weighted by Gasteiger charge is -2.21. The minimum absolute atomic E-state index is 0.174. The molecule has 1 atom stereocenters. The number of nitrogens with zero attached hydrogens (tertiary/aromatic N) is 3. The van der Waals surface area contributed by atoms with E-state index in [0.29, 0.717) is 12.2 Å². The highest BCUT2D eigenvalue weighted by atomic mass is 19.1. The Kier molecular flexibility index (Phi) is 4.98. The van der Waals surface area contributed by atoms with Crippen LogP contribution in [0.2, 0.25) is 0 Å². The predicted octanol–water partition coefficient (Wildman–Crippen LogP) is 3.00. The van der Waals surface area contributed by atoms with Crippen LogP contribution in [-0.2, 0) is 11.3 Å². The van der Waals surface area contributed by atoms with E-state index in [2.05, 4.69) is 15.6 Å². The first-order chi connectivity index (χ1) is 10.7. The fourth-order valence-electron chi connectivity index (χ4n) is 1.98. The van der Waals surface area contributed by atoms with Gasteiger partial charge in [-0.05, 0) is 52.0 Å². The number of amides is 1. The van der Waals surface area contributed by atoms with E-state index >= 15 is 0 Å². The number of rotatable bonds is 4. The summed E-state index contributed by atoms with van der Waals surface area (Å²) in [5, 5.41) is 10.8. The van der Waals surface area contributed by atoms with Crippen molar-refractivity contribution in [3.63, 3.8) is 0 Å². The number of hydrogen-bond acceptors (Lipinski definition) is 4. The van der Waals surface area contributed by atoms with Crippen molar-refractivity contribution in [1.82, 2.24) is 20.3 Å². The average molecular weight is 320 g/mol. The molecule has 0 saturated heterocycles. The lowest BCUT2D eigenvalue weighted by molar-refractivity contribution is 0.0503.